The first-order chi connectivity index (χ1) is 16.0. The van der Waals surface area contributed by atoms with Gasteiger partial charge in [-0.1, -0.05) is 62.4 Å². The molecule has 4 rings (SSSR count). The van der Waals surface area contributed by atoms with E-state index in [0.717, 1.165) is 16.5 Å². The van der Waals surface area contributed by atoms with Crippen molar-refractivity contribution in [2.75, 3.05) is 11.9 Å². The Balaban J connectivity index is 1.58. The molecule has 0 aliphatic carbocycles. The monoisotopic (exact) mass is 438 g/mol. The summed E-state index contributed by atoms with van der Waals surface area (Å²) in [5, 5.41) is 3.77. The fraction of sp³-hybridized carbons (Fsp3) is 0.179. The molecule has 1 heterocycles. The summed E-state index contributed by atoms with van der Waals surface area (Å²) in [7, 11) is 0. The SMILES string of the molecule is CCOC(=O)c1cnc2cc(NC(=O)c3ccccc3-c3ccc(C(C)C)cc3)ccc2c1. The van der Waals surface area contributed by atoms with E-state index in [-0.39, 0.29) is 5.91 Å². The van der Waals surface area contributed by atoms with Gasteiger partial charge in [0.05, 0.1) is 17.7 Å². The molecule has 1 aromatic heterocycles. The predicted molar refractivity (Wildman–Crippen MR) is 132 cm³/mol. The van der Waals surface area contributed by atoms with Crippen molar-refractivity contribution in [3.05, 3.63) is 95.7 Å². The van der Waals surface area contributed by atoms with Crippen molar-refractivity contribution >= 4 is 28.5 Å². The second-order valence-electron chi connectivity index (χ2n) is 8.13. The van der Waals surface area contributed by atoms with Crippen molar-refractivity contribution in [3.63, 3.8) is 0 Å². The molecule has 33 heavy (non-hydrogen) atoms. The third-order valence-electron chi connectivity index (χ3n) is 5.51. The lowest BCUT2D eigenvalue weighted by molar-refractivity contribution is 0.0526. The predicted octanol–water partition coefficient (Wildman–Crippen LogP) is 6.45. The van der Waals surface area contributed by atoms with E-state index in [9.17, 15) is 9.59 Å². The maximum absolute atomic E-state index is 13.1. The number of hydrogen-bond donors (Lipinski definition) is 1. The molecule has 166 valence electrons. The van der Waals surface area contributed by atoms with E-state index < -0.39 is 5.97 Å². The molecular formula is C28H26N2O3. The highest BCUT2D eigenvalue weighted by Gasteiger charge is 2.14. The number of carbonyl (C=O) groups excluding carboxylic acids is 2. The first kappa shape index (κ1) is 22.2. The van der Waals surface area contributed by atoms with Gasteiger partial charge in [0.1, 0.15) is 0 Å². The van der Waals surface area contributed by atoms with E-state index in [1.165, 1.54) is 11.8 Å². The Labute approximate surface area is 193 Å². The zero-order chi connectivity index (χ0) is 23.4. The van der Waals surface area contributed by atoms with Crippen molar-refractivity contribution < 1.29 is 14.3 Å². The largest absolute Gasteiger partial charge is 0.462 e. The van der Waals surface area contributed by atoms with E-state index in [4.69, 9.17) is 4.74 Å². The van der Waals surface area contributed by atoms with Crippen LogP contribution in [0.4, 0.5) is 5.69 Å². The number of carbonyl (C=O) groups is 2. The zero-order valence-electron chi connectivity index (χ0n) is 19.0. The molecule has 0 radical (unpaired) electrons. The number of aromatic nitrogens is 1. The molecule has 1 amide bonds. The summed E-state index contributed by atoms with van der Waals surface area (Å²) in [6.45, 7) is 6.39. The normalized spacial score (nSPS) is 10.9. The number of benzene rings is 3. The molecule has 0 atom stereocenters. The molecule has 0 saturated carbocycles. The topological polar surface area (TPSA) is 68.3 Å². The molecule has 4 aromatic rings. The number of nitrogens with zero attached hydrogens (tertiary/aromatic N) is 1. The number of hydrogen-bond acceptors (Lipinski definition) is 4. The first-order valence-corrected chi connectivity index (χ1v) is 11.0. The number of esters is 1. The molecule has 0 unspecified atom stereocenters. The number of anilines is 1. The van der Waals surface area contributed by atoms with Crippen LogP contribution in [0.3, 0.4) is 0 Å². The number of fused-ring (bicyclic) bond motifs is 1. The highest BCUT2D eigenvalue weighted by atomic mass is 16.5. The Morgan fingerprint density at radius 2 is 1.73 bits per heavy atom. The summed E-state index contributed by atoms with van der Waals surface area (Å²) in [4.78, 5) is 29.4. The Kier molecular flexibility index (Phi) is 6.50. The van der Waals surface area contributed by atoms with Crippen molar-refractivity contribution in [2.45, 2.75) is 26.7 Å². The lowest BCUT2D eigenvalue weighted by Gasteiger charge is -2.12. The number of nitrogens with one attached hydrogen (secondary N) is 1. The van der Waals surface area contributed by atoms with Crippen molar-refractivity contribution in [3.8, 4) is 11.1 Å². The van der Waals surface area contributed by atoms with Gasteiger partial charge in [-0.2, -0.15) is 0 Å². The second-order valence-corrected chi connectivity index (χ2v) is 8.13. The van der Waals surface area contributed by atoms with Gasteiger partial charge in [0.25, 0.3) is 5.91 Å². The van der Waals surface area contributed by atoms with E-state index in [1.807, 2.05) is 30.3 Å². The van der Waals surface area contributed by atoms with Gasteiger partial charge in [0.2, 0.25) is 0 Å². The molecule has 0 aliphatic rings. The van der Waals surface area contributed by atoms with E-state index in [0.29, 0.717) is 34.9 Å². The highest BCUT2D eigenvalue weighted by Crippen LogP contribution is 2.27. The lowest BCUT2D eigenvalue weighted by Crippen LogP contribution is -2.13. The maximum Gasteiger partial charge on any atom is 0.339 e. The minimum absolute atomic E-state index is 0.193. The average molecular weight is 439 g/mol. The number of ether oxygens (including phenoxy) is 1. The minimum Gasteiger partial charge on any atom is -0.462 e. The van der Waals surface area contributed by atoms with E-state index in [1.54, 1.807) is 25.1 Å². The van der Waals surface area contributed by atoms with Gasteiger partial charge in [0, 0.05) is 22.8 Å². The second kappa shape index (κ2) is 9.65. The van der Waals surface area contributed by atoms with Crippen LogP contribution in [0.15, 0.2) is 79.0 Å². The van der Waals surface area contributed by atoms with Crippen LogP contribution in [0, 0.1) is 0 Å². The molecule has 3 aromatic carbocycles. The Morgan fingerprint density at radius 3 is 2.45 bits per heavy atom. The Morgan fingerprint density at radius 1 is 0.970 bits per heavy atom. The fourth-order valence-electron chi connectivity index (χ4n) is 3.70. The summed E-state index contributed by atoms with van der Waals surface area (Å²) < 4.78 is 5.03. The van der Waals surface area contributed by atoms with Gasteiger partial charge < -0.3 is 10.1 Å². The quantitative estimate of drug-likeness (QED) is 0.351. The third-order valence-corrected chi connectivity index (χ3v) is 5.51. The van der Waals surface area contributed by atoms with Gasteiger partial charge in [0.15, 0.2) is 0 Å². The van der Waals surface area contributed by atoms with Crippen LogP contribution < -0.4 is 5.32 Å². The van der Waals surface area contributed by atoms with Gasteiger partial charge in [-0.15, -0.1) is 0 Å². The van der Waals surface area contributed by atoms with Crippen LogP contribution >= 0.6 is 0 Å². The van der Waals surface area contributed by atoms with Gasteiger partial charge in [-0.25, -0.2) is 4.79 Å². The Hall–Kier alpha value is -3.99. The third kappa shape index (κ3) is 4.93. The lowest BCUT2D eigenvalue weighted by atomic mass is 9.95. The standard InChI is InChI=1S/C28H26N2O3/c1-4-33-28(32)22-15-21-13-14-23(16-26(21)29-17-22)30-27(31)25-8-6-5-7-24(25)20-11-9-19(10-12-20)18(2)3/h5-18H,4H2,1-3H3,(H,30,31). The first-order valence-electron chi connectivity index (χ1n) is 11.0. The van der Waals surface area contributed by atoms with Crippen LogP contribution in [0.2, 0.25) is 0 Å². The molecule has 5 heteroatoms. The average Bonchev–Trinajstić information content (AvgIpc) is 2.84. The smallest absolute Gasteiger partial charge is 0.339 e. The molecule has 0 saturated heterocycles. The molecule has 0 fully saturated rings. The molecule has 1 N–H and O–H groups in total. The molecular weight excluding hydrogens is 412 g/mol. The highest BCUT2D eigenvalue weighted by molar-refractivity contribution is 6.09. The summed E-state index contributed by atoms with van der Waals surface area (Å²) in [6.07, 6.45) is 1.49. The maximum atomic E-state index is 13.1. The molecule has 5 nitrogen and oxygen atoms in total. The van der Waals surface area contributed by atoms with Crippen molar-refractivity contribution in [1.82, 2.24) is 4.98 Å². The van der Waals surface area contributed by atoms with Crippen LogP contribution in [-0.4, -0.2) is 23.5 Å². The van der Waals surface area contributed by atoms with Crippen LogP contribution in [0.1, 0.15) is 53.0 Å². The van der Waals surface area contributed by atoms with Gasteiger partial charge in [-0.3, -0.25) is 9.78 Å². The van der Waals surface area contributed by atoms with Crippen molar-refractivity contribution in [2.24, 2.45) is 0 Å². The summed E-state index contributed by atoms with van der Waals surface area (Å²) in [5.41, 5.74) is 5.45. The molecule has 0 bridgehead atoms. The summed E-state index contributed by atoms with van der Waals surface area (Å²) >= 11 is 0. The summed E-state index contributed by atoms with van der Waals surface area (Å²) in [5.74, 6) is -0.143. The molecule has 0 aliphatic heterocycles. The van der Waals surface area contributed by atoms with Crippen LogP contribution in [0.5, 0.6) is 0 Å². The van der Waals surface area contributed by atoms with Crippen LogP contribution in [0.25, 0.3) is 22.0 Å². The number of rotatable bonds is 6. The van der Waals surface area contributed by atoms with Gasteiger partial charge >= 0.3 is 5.97 Å². The number of pyridine rings is 1. The summed E-state index contributed by atoms with van der Waals surface area (Å²) in [6, 6.07) is 23.1. The van der Waals surface area contributed by atoms with E-state index >= 15 is 0 Å². The fourth-order valence-corrected chi connectivity index (χ4v) is 3.70. The number of amides is 1. The Bertz CT molecular complexity index is 1310. The van der Waals surface area contributed by atoms with Crippen LogP contribution in [-0.2, 0) is 4.74 Å². The van der Waals surface area contributed by atoms with Gasteiger partial charge in [-0.05, 0) is 53.8 Å². The minimum atomic E-state index is -0.401. The van der Waals surface area contributed by atoms with E-state index in [2.05, 4.69) is 48.4 Å². The zero-order valence-corrected chi connectivity index (χ0v) is 19.0. The molecule has 0 spiro atoms. The van der Waals surface area contributed by atoms with Crippen molar-refractivity contribution in [1.29, 1.82) is 0 Å².